The van der Waals surface area contributed by atoms with Gasteiger partial charge in [-0.2, -0.15) is 0 Å². The average molecular weight is 492 g/mol. The third kappa shape index (κ3) is 6.55. The van der Waals surface area contributed by atoms with Gasteiger partial charge in [0.1, 0.15) is 6.61 Å². The average Bonchev–Trinajstić information content (AvgIpc) is 3.26. The lowest BCUT2D eigenvalue weighted by molar-refractivity contribution is -0.118. The van der Waals surface area contributed by atoms with Gasteiger partial charge in [-0.25, -0.2) is 4.98 Å². The third-order valence-electron chi connectivity index (χ3n) is 5.43. The summed E-state index contributed by atoms with van der Waals surface area (Å²) >= 11 is 1.42. The van der Waals surface area contributed by atoms with Crippen LogP contribution in [0, 0.1) is 0 Å². The summed E-state index contributed by atoms with van der Waals surface area (Å²) in [6, 6.07) is 23.6. The molecule has 0 bridgehead atoms. The van der Waals surface area contributed by atoms with E-state index >= 15 is 0 Å². The molecule has 8 heteroatoms. The van der Waals surface area contributed by atoms with Gasteiger partial charge in [0.25, 0.3) is 0 Å². The van der Waals surface area contributed by atoms with E-state index in [1.807, 2.05) is 72.8 Å². The Morgan fingerprint density at radius 1 is 0.971 bits per heavy atom. The smallest absolute Gasteiger partial charge is 0.230 e. The van der Waals surface area contributed by atoms with Crippen molar-refractivity contribution >= 4 is 28.7 Å². The summed E-state index contributed by atoms with van der Waals surface area (Å²) in [5.74, 6) is 1.50. The number of nitrogens with zero attached hydrogens (tertiary/aromatic N) is 2. The van der Waals surface area contributed by atoms with E-state index in [0.29, 0.717) is 37.8 Å². The molecular formula is C27H29N3O4S. The highest BCUT2D eigenvalue weighted by Crippen LogP contribution is 2.29. The molecule has 1 heterocycles. The number of carbonyl (C=O) groups is 1. The van der Waals surface area contributed by atoms with Crippen LogP contribution in [0.2, 0.25) is 0 Å². The van der Waals surface area contributed by atoms with Crippen molar-refractivity contribution in [3.05, 3.63) is 83.9 Å². The van der Waals surface area contributed by atoms with E-state index in [1.165, 1.54) is 11.8 Å². The van der Waals surface area contributed by atoms with Gasteiger partial charge >= 0.3 is 0 Å². The van der Waals surface area contributed by atoms with Gasteiger partial charge in [-0.15, -0.1) is 0 Å². The van der Waals surface area contributed by atoms with E-state index in [0.717, 1.165) is 27.3 Å². The molecule has 0 unspecified atom stereocenters. The lowest BCUT2D eigenvalue weighted by Gasteiger charge is -2.13. The zero-order valence-corrected chi connectivity index (χ0v) is 20.7. The third-order valence-corrected chi connectivity index (χ3v) is 6.40. The second kappa shape index (κ2) is 12.3. The van der Waals surface area contributed by atoms with Crippen LogP contribution in [0.1, 0.15) is 11.1 Å². The zero-order chi connectivity index (χ0) is 24.5. The van der Waals surface area contributed by atoms with E-state index in [4.69, 9.17) is 14.2 Å². The Morgan fingerprint density at radius 3 is 2.57 bits per heavy atom. The van der Waals surface area contributed by atoms with Crippen molar-refractivity contribution in [1.82, 2.24) is 14.9 Å². The van der Waals surface area contributed by atoms with Gasteiger partial charge < -0.3 is 24.1 Å². The number of ether oxygens (including phenoxy) is 3. The Kier molecular flexibility index (Phi) is 8.64. The number of hydrogen-bond donors (Lipinski definition) is 1. The van der Waals surface area contributed by atoms with Gasteiger partial charge in [-0.3, -0.25) is 4.79 Å². The molecule has 1 amide bonds. The molecule has 0 atom stereocenters. The quantitative estimate of drug-likeness (QED) is 0.290. The van der Waals surface area contributed by atoms with Crippen LogP contribution < -0.4 is 14.8 Å². The maximum atomic E-state index is 12.6. The van der Waals surface area contributed by atoms with Crippen LogP contribution in [0.3, 0.4) is 0 Å². The number of imidazole rings is 1. The van der Waals surface area contributed by atoms with Crippen LogP contribution in [0.15, 0.2) is 78.0 Å². The van der Waals surface area contributed by atoms with Crippen molar-refractivity contribution in [2.24, 2.45) is 0 Å². The summed E-state index contributed by atoms with van der Waals surface area (Å²) in [5.41, 5.74) is 3.96. The summed E-state index contributed by atoms with van der Waals surface area (Å²) in [7, 11) is 3.29. The number of amides is 1. The fraction of sp³-hybridized carbons (Fsp3) is 0.259. The fourth-order valence-electron chi connectivity index (χ4n) is 3.62. The highest BCUT2D eigenvalue weighted by Gasteiger charge is 2.13. The molecule has 0 saturated heterocycles. The van der Waals surface area contributed by atoms with E-state index < -0.39 is 0 Å². The number of carbonyl (C=O) groups excluding carboxylic acids is 1. The zero-order valence-electron chi connectivity index (χ0n) is 19.9. The van der Waals surface area contributed by atoms with Gasteiger partial charge in [0.15, 0.2) is 16.7 Å². The summed E-state index contributed by atoms with van der Waals surface area (Å²) in [6.45, 7) is 2.11. The molecule has 182 valence electrons. The Hall–Kier alpha value is -3.49. The van der Waals surface area contributed by atoms with Gasteiger partial charge in [0.05, 0.1) is 30.5 Å². The number of rotatable bonds is 12. The molecule has 0 spiro atoms. The maximum Gasteiger partial charge on any atom is 0.230 e. The van der Waals surface area contributed by atoms with Gasteiger partial charge in [-0.1, -0.05) is 60.3 Å². The molecule has 0 aliphatic heterocycles. The second-order valence-electron chi connectivity index (χ2n) is 7.85. The highest BCUT2D eigenvalue weighted by molar-refractivity contribution is 7.99. The van der Waals surface area contributed by atoms with Crippen molar-refractivity contribution in [2.45, 2.75) is 24.9 Å². The van der Waals surface area contributed by atoms with E-state index in [1.54, 1.807) is 14.2 Å². The normalized spacial score (nSPS) is 10.9. The predicted molar refractivity (Wildman–Crippen MR) is 138 cm³/mol. The Balaban J connectivity index is 1.32. The number of para-hydroxylation sites is 2. The first kappa shape index (κ1) is 24.6. The molecule has 0 aliphatic carbocycles. The van der Waals surface area contributed by atoms with E-state index in [-0.39, 0.29) is 11.7 Å². The van der Waals surface area contributed by atoms with Crippen LogP contribution in [0.5, 0.6) is 11.5 Å². The number of fused-ring (bicyclic) bond motifs is 1. The van der Waals surface area contributed by atoms with Crippen molar-refractivity contribution in [1.29, 1.82) is 0 Å². The molecule has 35 heavy (non-hydrogen) atoms. The SMILES string of the molecule is COCCn1c(SCC(=O)NCc2ccc(OCc3ccccc3)c(OC)c2)nc2ccccc21. The van der Waals surface area contributed by atoms with E-state index in [9.17, 15) is 4.79 Å². The minimum Gasteiger partial charge on any atom is -0.493 e. The number of benzene rings is 3. The number of aromatic nitrogens is 2. The second-order valence-corrected chi connectivity index (χ2v) is 8.79. The molecule has 0 radical (unpaired) electrons. The fourth-order valence-corrected chi connectivity index (χ4v) is 4.49. The minimum atomic E-state index is -0.0660. The Labute approximate surface area is 209 Å². The molecule has 0 fully saturated rings. The van der Waals surface area contributed by atoms with Crippen LogP contribution in [-0.4, -0.2) is 42.0 Å². The van der Waals surface area contributed by atoms with Crippen LogP contribution in [0.4, 0.5) is 0 Å². The molecule has 7 nitrogen and oxygen atoms in total. The van der Waals surface area contributed by atoms with Gasteiger partial charge in [0, 0.05) is 20.2 Å². The first-order valence-corrected chi connectivity index (χ1v) is 12.3. The first-order chi connectivity index (χ1) is 17.2. The molecule has 0 aliphatic rings. The molecule has 3 aromatic carbocycles. The van der Waals surface area contributed by atoms with Gasteiger partial charge in [-0.05, 0) is 35.4 Å². The number of hydrogen-bond acceptors (Lipinski definition) is 6. The lowest BCUT2D eigenvalue weighted by Crippen LogP contribution is -2.24. The van der Waals surface area contributed by atoms with Gasteiger partial charge in [0.2, 0.25) is 5.91 Å². The molecule has 1 N–H and O–H groups in total. The summed E-state index contributed by atoms with van der Waals surface area (Å²) < 4.78 is 18.7. The molecular weight excluding hydrogens is 462 g/mol. The Morgan fingerprint density at radius 2 is 1.77 bits per heavy atom. The number of methoxy groups -OCH3 is 2. The summed E-state index contributed by atoms with van der Waals surface area (Å²) in [6.07, 6.45) is 0. The van der Waals surface area contributed by atoms with Crippen molar-refractivity contribution < 1.29 is 19.0 Å². The Bertz CT molecular complexity index is 1260. The van der Waals surface area contributed by atoms with Crippen LogP contribution in [-0.2, 0) is 29.2 Å². The molecule has 4 aromatic rings. The molecule has 0 saturated carbocycles. The van der Waals surface area contributed by atoms with E-state index in [2.05, 4.69) is 14.9 Å². The predicted octanol–water partition coefficient (Wildman–Crippen LogP) is 4.68. The standard InChI is InChI=1S/C27H29N3O4S/c1-32-15-14-30-23-11-7-6-10-22(23)29-27(30)35-19-26(31)28-17-21-12-13-24(25(16-21)33-2)34-18-20-8-4-3-5-9-20/h3-13,16H,14-15,17-19H2,1-2H3,(H,28,31). The van der Waals surface area contributed by atoms with Crippen molar-refractivity contribution in [3.8, 4) is 11.5 Å². The number of thioether (sulfide) groups is 1. The first-order valence-electron chi connectivity index (χ1n) is 11.3. The number of nitrogens with one attached hydrogen (secondary N) is 1. The highest BCUT2D eigenvalue weighted by atomic mass is 32.2. The largest absolute Gasteiger partial charge is 0.493 e. The van der Waals surface area contributed by atoms with Crippen LogP contribution in [0.25, 0.3) is 11.0 Å². The topological polar surface area (TPSA) is 74.6 Å². The minimum absolute atomic E-state index is 0.0660. The summed E-state index contributed by atoms with van der Waals surface area (Å²) in [5, 5.41) is 3.78. The van der Waals surface area contributed by atoms with Crippen molar-refractivity contribution in [3.63, 3.8) is 0 Å². The monoisotopic (exact) mass is 491 g/mol. The summed E-state index contributed by atoms with van der Waals surface area (Å²) in [4.78, 5) is 17.2. The van der Waals surface area contributed by atoms with Crippen LogP contribution >= 0.6 is 11.8 Å². The van der Waals surface area contributed by atoms with Crippen molar-refractivity contribution in [2.75, 3.05) is 26.6 Å². The maximum absolute atomic E-state index is 12.6. The lowest BCUT2D eigenvalue weighted by atomic mass is 10.2. The molecule has 4 rings (SSSR count). The molecule has 1 aromatic heterocycles.